The molecule has 2 heterocycles. The molecule has 0 aliphatic heterocycles. The average Bonchev–Trinajstić information content (AvgIpc) is 2.80. The molecular weight excluding hydrogens is 232 g/mol. The molecule has 0 radical (unpaired) electrons. The molecular formula is C12H16N4S. The molecule has 90 valence electrons. The molecule has 2 aromatic rings. The third-order valence-corrected chi connectivity index (χ3v) is 3.64. The van der Waals surface area contributed by atoms with Gasteiger partial charge in [0.15, 0.2) is 0 Å². The Hall–Kier alpha value is -1.62. The summed E-state index contributed by atoms with van der Waals surface area (Å²) >= 11 is 1.78. The SMILES string of the molecule is CC(Cc1cccs1)N(C)c1cncc(N)n1. The first-order valence-corrected chi connectivity index (χ1v) is 6.37. The van der Waals surface area contributed by atoms with Gasteiger partial charge < -0.3 is 10.6 Å². The number of nitrogens with two attached hydrogens (primary N) is 1. The molecule has 0 saturated heterocycles. The van der Waals surface area contributed by atoms with Gasteiger partial charge in [0.25, 0.3) is 0 Å². The number of hydrogen-bond donors (Lipinski definition) is 1. The summed E-state index contributed by atoms with van der Waals surface area (Å²) in [5.74, 6) is 1.27. The summed E-state index contributed by atoms with van der Waals surface area (Å²) in [7, 11) is 2.02. The van der Waals surface area contributed by atoms with Crippen molar-refractivity contribution in [3.05, 3.63) is 34.8 Å². The van der Waals surface area contributed by atoms with Gasteiger partial charge in [0.2, 0.25) is 0 Å². The van der Waals surface area contributed by atoms with Gasteiger partial charge in [-0.05, 0) is 18.4 Å². The van der Waals surface area contributed by atoms with Crippen molar-refractivity contribution in [2.75, 3.05) is 17.7 Å². The first-order chi connectivity index (χ1) is 8.16. The van der Waals surface area contributed by atoms with E-state index in [-0.39, 0.29) is 0 Å². The third kappa shape index (κ3) is 2.94. The first-order valence-electron chi connectivity index (χ1n) is 5.49. The van der Waals surface area contributed by atoms with Crippen LogP contribution in [0.5, 0.6) is 0 Å². The van der Waals surface area contributed by atoms with Crippen molar-refractivity contribution in [2.45, 2.75) is 19.4 Å². The van der Waals surface area contributed by atoms with Crippen molar-refractivity contribution in [2.24, 2.45) is 0 Å². The van der Waals surface area contributed by atoms with Crippen molar-refractivity contribution in [1.29, 1.82) is 0 Å². The summed E-state index contributed by atoms with van der Waals surface area (Å²) in [5.41, 5.74) is 5.63. The third-order valence-electron chi connectivity index (χ3n) is 2.74. The molecule has 0 aromatic carbocycles. The number of likely N-dealkylation sites (N-methyl/N-ethyl adjacent to an activating group) is 1. The van der Waals surface area contributed by atoms with Crippen LogP contribution >= 0.6 is 11.3 Å². The van der Waals surface area contributed by atoms with E-state index in [4.69, 9.17) is 5.73 Å². The number of nitrogen functional groups attached to an aromatic ring is 1. The van der Waals surface area contributed by atoms with Crippen LogP contribution in [0.1, 0.15) is 11.8 Å². The van der Waals surface area contributed by atoms with Gasteiger partial charge in [0, 0.05) is 24.4 Å². The second-order valence-electron chi connectivity index (χ2n) is 4.05. The van der Waals surface area contributed by atoms with Crippen LogP contribution in [-0.2, 0) is 6.42 Å². The smallest absolute Gasteiger partial charge is 0.149 e. The molecule has 2 rings (SSSR count). The van der Waals surface area contributed by atoms with Crippen molar-refractivity contribution in [3.8, 4) is 0 Å². The maximum Gasteiger partial charge on any atom is 0.149 e. The summed E-state index contributed by atoms with van der Waals surface area (Å²) in [6.07, 6.45) is 4.30. The summed E-state index contributed by atoms with van der Waals surface area (Å²) in [4.78, 5) is 11.8. The fourth-order valence-corrected chi connectivity index (χ4v) is 2.45. The minimum Gasteiger partial charge on any atom is -0.382 e. The molecule has 0 amide bonds. The van der Waals surface area contributed by atoms with Crippen molar-refractivity contribution in [3.63, 3.8) is 0 Å². The van der Waals surface area contributed by atoms with E-state index < -0.39 is 0 Å². The zero-order chi connectivity index (χ0) is 12.3. The Labute approximate surface area is 105 Å². The number of thiophene rings is 1. The van der Waals surface area contributed by atoms with E-state index >= 15 is 0 Å². The monoisotopic (exact) mass is 248 g/mol. The lowest BCUT2D eigenvalue weighted by Crippen LogP contribution is -2.31. The summed E-state index contributed by atoms with van der Waals surface area (Å²) < 4.78 is 0. The fourth-order valence-electron chi connectivity index (χ4n) is 1.62. The minimum absolute atomic E-state index is 0.366. The van der Waals surface area contributed by atoms with Crippen LogP contribution in [-0.4, -0.2) is 23.1 Å². The predicted molar refractivity (Wildman–Crippen MR) is 72.3 cm³/mol. The molecule has 5 heteroatoms. The molecule has 2 aromatic heterocycles. The number of anilines is 2. The molecule has 1 atom stereocenters. The lowest BCUT2D eigenvalue weighted by atomic mass is 10.2. The highest BCUT2D eigenvalue weighted by Crippen LogP contribution is 2.17. The largest absolute Gasteiger partial charge is 0.382 e. The van der Waals surface area contributed by atoms with Crippen LogP contribution in [0.4, 0.5) is 11.6 Å². The molecule has 1 unspecified atom stereocenters. The van der Waals surface area contributed by atoms with Crippen LogP contribution in [0.25, 0.3) is 0 Å². The van der Waals surface area contributed by atoms with E-state index in [1.54, 1.807) is 23.7 Å². The molecule has 17 heavy (non-hydrogen) atoms. The molecule has 0 aliphatic carbocycles. The van der Waals surface area contributed by atoms with Gasteiger partial charge in [-0.25, -0.2) is 4.98 Å². The highest BCUT2D eigenvalue weighted by Gasteiger charge is 2.12. The van der Waals surface area contributed by atoms with Gasteiger partial charge in [0.1, 0.15) is 11.6 Å². The Morgan fingerprint density at radius 1 is 1.47 bits per heavy atom. The normalized spacial score (nSPS) is 12.4. The molecule has 4 nitrogen and oxygen atoms in total. The maximum absolute atomic E-state index is 5.63. The first kappa shape index (κ1) is 11.9. The van der Waals surface area contributed by atoms with E-state index in [1.165, 1.54) is 4.88 Å². The van der Waals surface area contributed by atoms with E-state index in [0.717, 1.165) is 12.2 Å². The maximum atomic E-state index is 5.63. The Morgan fingerprint density at radius 2 is 2.29 bits per heavy atom. The highest BCUT2D eigenvalue weighted by atomic mass is 32.1. The van der Waals surface area contributed by atoms with Gasteiger partial charge in [-0.15, -0.1) is 11.3 Å². The van der Waals surface area contributed by atoms with Crippen LogP contribution in [0.2, 0.25) is 0 Å². The number of rotatable bonds is 4. The van der Waals surface area contributed by atoms with E-state index in [0.29, 0.717) is 11.9 Å². The van der Waals surface area contributed by atoms with Crippen molar-refractivity contribution < 1.29 is 0 Å². The zero-order valence-corrected chi connectivity index (χ0v) is 10.8. The van der Waals surface area contributed by atoms with E-state index in [9.17, 15) is 0 Å². The Balaban J connectivity index is 2.06. The standard InChI is InChI=1S/C12H16N4S/c1-9(6-10-4-3-5-17-10)16(2)12-8-14-7-11(13)15-12/h3-5,7-9H,6H2,1-2H3,(H2,13,15). The van der Waals surface area contributed by atoms with Gasteiger partial charge in [0.05, 0.1) is 12.4 Å². The zero-order valence-electron chi connectivity index (χ0n) is 10.00. The summed E-state index contributed by atoms with van der Waals surface area (Å²) in [5, 5.41) is 2.10. The van der Waals surface area contributed by atoms with Crippen molar-refractivity contribution in [1.82, 2.24) is 9.97 Å². The Kier molecular flexibility index (Phi) is 3.58. The number of nitrogens with zero attached hydrogens (tertiary/aromatic N) is 3. The molecule has 0 spiro atoms. The van der Waals surface area contributed by atoms with Gasteiger partial charge in [-0.2, -0.15) is 0 Å². The van der Waals surface area contributed by atoms with Crippen LogP contribution in [0.15, 0.2) is 29.9 Å². The van der Waals surface area contributed by atoms with E-state index in [2.05, 4.69) is 39.3 Å². The molecule has 0 aliphatic rings. The minimum atomic E-state index is 0.366. The fraction of sp³-hybridized carbons (Fsp3) is 0.333. The second-order valence-corrected chi connectivity index (χ2v) is 5.08. The summed E-state index contributed by atoms with van der Waals surface area (Å²) in [6, 6.07) is 4.59. The highest BCUT2D eigenvalue weighted by molar-refractivity contribution is 7.09. The average molecular weight is 248 g/mol. The molecule has 2 N–H and O–H groups in total. The van der Waals surface area contributed by atoms with Crippen LogP contribution in [0, 0.1) is 0 Å². The van der Waals surface area contributed by atoms with Crippen molar-refractivity contribution >= 4 is 23.0 Å². The Bertz CT molecular complexity index is 469. The number of aromatic nitrogens is 2. The predicted octanol–water partition coefficient (Wildman–Crippen LogP) is 2.19. The van der Waals surface area contributed by atoms with E-state index in [1.807, 2.05) is 7.05 Å². The quantitative estimate of drug-likeness (QED) is 0.901. The van der Waals surface area contributed by atoms with Gasteiger partial charge >= 0.3 is 0 Å². The lowest BCUT2D eigenvalue weighted by molar-refractivity contribution is 0.679. The van der Waals surface area contributed by atoms with Crippen LogP contribution < -0.4 is 10.6 Å². The molecule has 0 saturated carbocycles. The number of hydrogen-bond acceptors (Lipinski definition) is 5. The van der Waals surface area contributed by atoms with Gasteiger partial charge in [-0.3, -0.25) is 4.98 Å². The molecule has 0 fully saturated rings. The molecule has 0 bridgehead atoms. The van der Waals surface area contributed by atoms with Gasteiger partial charge in [-0.1, -0.05) is 6.07 Å². The topological polar surface area (TPSA) is 55.0 Å². The Morgan fingerprint density at radius 3 is 2.94 bits per heavy atom. The lowest BCUT2D eigenvalue weighted by Gasteiger charge is -2.25. The second kappa shape index (κ2) is 5.14. The van der Waals surface area contributed by atoms with Crippen LogP contribution in [0.3, 0.4) is 0 Å². The summed E-state index contributed by atoms with van der Waals surface area (Å²) in [6.45, 7) is 2.17.